The lowest BCUT2D eigenvalue weighted by Gasteiger charge is -2.14. The van der Waals surface area contributed by atoms with Crippen LogP contribution in [-0.2, 0) is 10.2 Å². The summed E-state index contributed by atoms with van der Waals surface area (Å²) >= 11 is 1.90. The van der Waals surface area contributed by atoms with Crippen LogP contribution in [0.15, 0.2) is 29.2 Å². The van der Waals surface area contributed by atoms with E-state index in [2.05, 4.69) is 4.72 Å². The van der Waals surface area contributed by atoms with Crippen LogP contribution in [0.5, 0.6) is 0 Å². The first-order valence-electron chi connectivity index (χ1n) is 6.44. The number of benzene rings is 1. The quantitative estimate of drug-likeness (QED) is 0.909. The molecule has 0 aromatic heterocycles. The van der Waals surface area contributed by atoms with Gasteiger partial charge in [0.2, 0.25) is 0 Å². The predicted octanol–water partition coefficient (Wildman–Crippen LogP) is 2.94. The van der Waals surface area contributed by atoms with Crippen molar-refractivity contribution in [1.29, 1.82) is 0 Å². The second-order valence-corrected chi connectivity index (χ2v) is 8.20. The molecule has 0 heterocycles. The fourth-order valence-electron chi connectivity index (χ4n) is 2.04. The first kappa shape index (κ1) is 14.7. The Balaban J connectivity index is 1.98. The van der Waals surface area contributed by atoms with Crippen LogP contribution in [0.4, 0.5) is 5.69 Å². The highest BCUT2D eigenvalue weighted by Gasteiger charge is 2.16. The number of rotatable bonds is 5. The van der Waals surface area contributed by atoms with E-state index in [1.54, 1.807) is 0 Å². The summed E-state index contributed by atoms with van der Waals surface area (Å²) in [5.74, 6) is 0. The molecule has 1 aromatic carbocycles. The normalized spacial score (nSPS) is 17.0. The van der Waals surface area contributed by atoms with E-state index in [0.717, 1.165) is 9.56 Å². The molecule has 6 heteroatoms. The molecule has 1 aliphatic rings. The number of nitrogens with zero attached hydrogens (tertiary/aromatic N) is 1. The molecule has 0 atom stereocenters. The maximum Gasteiger partial charge on any atom is 0.301 e. The molecule has 0 bridgehead atoms. The van der Waals surface area contributed by atoms with E-state index in [1.807, 2.05) is 36.0 Å². The topological polar surface area (TPSA) is 49.4 Å². The number of hydrogen-bond donors (Lipinski definition) is 1. The standard InChI is InChI=1S/C13H20N2O2S2/c1-15(2)19(16,17)14-11-7-9-13(10-8-11)18-12-5-3-4-6-12/h7-10,12,14H,3-6H2,1-2H3. The van der Waals surface area contributed by atoms with Crippen LogP contribution >= 0.6 is 11.8 Å². The molecule has 0 amide bonds. The third-order valence-electron chi connectivity index (χ3n) is 3.19. The van der Waals surface area contributed by atoms with E-state index in [4.69, 9.17) is 0 Å². The highest BCUT2D eigenvalue weighted by atomic mass is 32.2. The van der Waals surface area contributed by atoms with Crippen molar-refractivity contribution >= 4 is 27.7 Å². The van der Waals surface area contributed by atoms with E-state index >= 15 is 0 Å². The van der Waals surface area contributed by atoms with Gasteiger partial charge in [0.25, 0.3) is 0 Å². The second-order valence-electron chi connectivity index (χ2n) is 4.94. The zero-order valence-electron chi connectivity index (χ0n) is 11.3. The first-order valence-corrected chi connectivity index (χ1v) is 8.76. The fraction of sp³-hybridized carbons (Fsp3) is 0.538. The van der Waals surface area contributed by atoms with Gasteiger partial charge in [-0.15, -0.1) is 11.8 Å². The van der Waals surface area contributed by atoms with Crippen molar-refractivity contribution in [2.75, 3.05) is 18.8 Å². The van der Waals surface area contributed by atoms with Crippen LogP contribution in [0, 0.1) is 0 Å². The van der Waals surface area contributed by atoms with Gasteiger partial charge < -0.3 is 0 Å². The summed E-state index contributed by atoms with van der Waals surface area (Å²) in [6.45, 7) is 0. The maximum absolute atomic E-state index is 11.7. The van der Waals surface area contributed by atoms with E-state index in [9.17, 15) is 8.42 Å². The Kier molecular flexibility index (Phi) is 4.76. The highest BCUT2D eigenvalue weighted by molar-refractivity contribution is 8.00. The Bertz CT molecular complexity index is 506. The van der Waals surface area contributed by atoms with Crippen LogP contribution in [0.1, 0.15) is 25.7 Å². The molecule has 1 saturated carbocycles. The second kappa shape index (κ2) is 6.15. The minimum absolute atomic E-state index is 0.601. The third-order valence-corrected chi connectivity index (χ3v) is 5.99. The van der Waals surface area contributed by atoms with Crippen molar-refractivity contribution in [3.8, 4) is 0 Å². The van der Waals surface area contributed by atoms with Crippen molar-refractivity contribution in [2.24, 2.45) is 0 Å². The summed E-state index contributed by atoms with van der Waals surface area (Å²) in [4.78, 5) is 1.21. The Hall–Kier alpha value is -0.720. The molecular formula is C13H20N2O2S2. The van der Waals surface area contributed by atoms with Crippen LogP contribution < -0.4 is 4.72 Å². The molecule has 4 nitrogen and oxygen atoms in total. The summed E-state index contributed by atoms with van der Waals surface area (Å²) in [6.07, 6.45) is 5.25. The Morgan fingerprint density at radius 1 is 1.16 bits per heavy atom. The van der Waals surface area contributed by atoms with E-state index in [-0.39, 0.29) is 0 Å². The molecule has 1 aliphatic carbocycles. The molecule has 0 radical (unpaired) electrons. The van der Waals surface area contributed by atoms with Crippen molar-refractivity contribution in [1.82, 2.24) is 4.31 Å². The van der Waals surface area contributed by atoms with Gasteiger partial charge in [-0.05, 0) is 37.1 Å². The van der Waals surface area contributed by atoms with Crippen molar-refractivity contribution in [2.45, 2.75) is 35.8 Å². The van der Waals surface area contributed by atoms with Crippen LogP contribution in [0.25, 0.3) is 0 Å². The molecule has 1 N–H and O–H groups in total. The minimum Gasteiger partial charge on any atom is -0.271 e. The largest absolute Gasteiger partial charge is 0.301 e. The van der Waals surface area contributed by atoms with Gasteiger partial charge in [0, 0.05) is 29.9 Å². The zero-order valence-corrected chi connectivity index (χ0v) is 12.9. The number of thioether (sulfide) groups is 1. The summed E-state index contributed by atoms with van der Waals surface area (Å²) in [6, 6.07) is 7.60. The van der Waals surface area contributed by atoms with Gasteiger partial charge >= 0.3 is 10.2 Å². The van der Waals surface area contributed by atoms with Crippen molar-refractivity contribution in [3.05, 3.63) is 24.3 Å². The molecule has 1 aromatic rings. The van der Waals surface area contributed by atoms with Crippen molar-refractivity contribution < 1.29 is 8.42 Å². The minimum atomic E-state index is -3.41. The number of hydrogen-bond acceptors (Lipinski definition) is 3. The lowest BCUT2D eigenvalue weighted by atomic mass is 10.3. The Labute approximate surface area is 119 Å². The zero-order chi connectivity index (χ0) is 13.9. The first-order chi connectivity index (χ1) is 8.97. The average molecular weight is 300 g/mol. The summed E-state index contributed by atoms with van der Waals surface area (Å²) in [5, 5.41) is 0.726. The van der Waals surface area contributed by atoms with Gasteiger partial charge in [-0.3, -0.25) is 4.72 Å². The monoisotopic (exact) mass is 300 g/mol. The van der Waals surface area contributed by atoms with Crippen LogP contribution in [0.2, 0.25) is 0 Å². The Morgan fingerprint density at radius 3 is 2.26 bits per heavy atom. The summed E-state index contributed by atoms with van der Waals surface area (Å²) < 4.78 is 27.0. The fourth-order valence-corrected chi connectivity index (χ4v) is 3.90. The maximum atomic E-state index is 11.7. The van der Waals surface area contributed by atoms with Gasteiger partial charge in [0.15, 0.2) is 0 Å². The molecule has 0 unspecified atom stereocenters. The van der Waals surface area contributed by atoms with Crippen LogP contribution in [0.3, 0.4) is 0 Å². The molecule has 2 rings (SSSR count). The average Bonchev–Trinajstić information content (AvgIpc) is 2.84. The highest BCUT2D eigenvalue weighted by Crippen LogP contribution is 2.34. The Morgan fingerprint density at radius 2 is 1.74 bits per heavy atom. The third kappa shape index (κ3) is 4.12. The smallest absolute Gasteiger partial charge is 0.271 e. The number of nitrogens with one attached hydrogen (secondary N) is 1. The SMILES string of the molecule is CN(C)S(=O)(=O)Nc1ccc(SC2CCCC2)cc1. The molecule has 19 heavy (non-hydrogen) atoms. The number of anilines is 1. The molecule has 0 aliphatic heterocycles. The molecule has 0 spiro atoms. The van der Waals surface area contributed by atoms with Crippen molar-refractivity contribution in [3.63, 3.8) is 0 Å². The summed E-state index contributed by atoms with van der Waals surface area (Å²) in [7, 11) is -0.397. The predicted molar refractivity (Wildman–Crippen MR) is 80.8 cm³/mol. The molecule has 106 valence electrons. The van der Waals surface area contributed by atoms with Gasteiger partial charge in [0.1, 0.15) is 0 Å². The molecular weight excluding hydrogens is 280 g/mol. The molecule has 0 saturated heterocycles. The van der Waals surface area contributed by atoms with Gasteiger partial charge in [-0.1, -0.05) is 12.8 Å². The molecule has 1 fully saturated rings. The van der Waals surface area contributed by atoms with Gasteiger partial charge in [0.05, 0.1) is 0 Å². The lowest BCUT2D eigenvalue weighted by Crippen LogP contribution is -2.28. The van der Waals surface area contributed by atoms with Crippen LogP contribution in [-0.4, -0.2) is 32.1 Å². The van der Waals surface area contributed by atoms with Gasteiger partial charge in [-0.25, -0.2) is 0 Å². The van der Waals surface area contributed by atoms with E-state index < -0.39 is 10.2 Å². The van der Waals surface area contributed by atoms with E-state index in [1.165, 1.54) is 44.7 Å². The van der Waals surface area contributed by atoms with Gasteiger partial charge in [-0.2, -0.15) is 12.7 Å². The van der Waals surface area contributed by atoms with E-state index in [0.29, 0.717) is 5.69 Å². The summed E-state index contributed by atoms with van der Waals surface area (Å²) in [5.41, 5.74) is 0.601. The lowest BCUT2D eigenvalue weighted by molar-refractivity contribution is 0.527.